The Balaban J connectivity index is 2.44. The minimum absolute atomic E-state index is 0.302. The van der Waals surface area contributed by atoms with Gasteiger partial charge in [-0.15, -0.1) is 0 Å². The molecule has 7 heteroatoms. The van der Waals surface area contributed by atoms with Crippen LogP contribution in [0.4, 0.5) is 0 Å². The third-order valence-electron chi connectivity index (χ3n) is 2.23. The second-order valence-corrected chi connectivity index (χ2v) is 5.38. The summed E-state index contributed by atoms with van der Waals surface area (Å²) in [5.41, 5.74) is 0. The van der Waals surface area contributed by atoms with Gasteiger partial charge in [0.05, 0.1) is 6.04 Å². The minimum atomic E-state index is -4.21. The number of hydrogen-bond acceptors (Lipinski definition) is 3. The van der Waals surface area contributed by atoms with Gasteiger partial charge < -0.3 is 20.4 Å². The molecule has 6 nitrogen and oxygen atoms in total. The van der Waals surface area contributed by atoms with E-state index in [-0.39, 0.29) is 11.9 Å². The SMILES string of the molecule is CC(NC(=O)[C@@H]1CCCN1)P(=O)(O)O. The van der Waals surface area contributed by atoms with E-state index in [1.54, 1.807) is 0 Å². The molecule has 82 valence electrons. The number of amides is 1. The Labute approximate surface area is 82.2 Å². The fourth-order valence-corrected chi connectivity index (χ4v) is 1.59. The van der Waals surface area contributed by atoms with Crippen LogP contribution in [-0.4, -0.2) is 34.1 Å². The summed E-state index contributed by atoms with van der Waals surface area (Å²) in [6.45, 7) is 2.08. The summed E-state index contributed by atoms with van der Waals surface area (Å²) in [5, 5.41) is 5.25. The number of carbonyl (C=O) groups excluding carboxylic acids is 1. The molecule has 1 aliphatic rings. The Bertz CT molecular complexity index is 258. The van der Waals surface area contributed by atoms with Crippen molar-refractivity contribution in [1.29, 1.82) is 0 Å². The van der Waals surface area contributed by atoms with Crippen LogP contribution in [0.2, 0.25) is 0 Å². The maximum atomic E-state index is 11.4. The molecule has 0 spiro atoms. The van der Waals surface area contributed by atoms with Crippen LogP contribution < -0.4 is 10.6 Å². The molecule has 0 radical (unpaired) electrons. The van der Waals surface area contributed by atoms with Crippen LogP contribution in [0.5, 0.6) is 0 Å². The monoisotopic (exact) mass is 222 g/mol. The van der Waals surface area contributed by atoms with E-state index in [0.717, 1.165) is 19.4 Å². The average Bonchev–Trinajstić information content (AvgIpc) is 2.53. The molecule has 4 N–H and O–H groups in total. The van der Waals surface area contributed by atoms with E-state index in [1.165, 1.54) is 6.92 Å². The van der Waals surface area contributed by atoms with Gasteiger partial charge in [-0.2, -0.15) is 0 Å². The largest absolute Gasteiger partial charge is 0.347 e. The summed E-state index contributed by atoms with van der Waals surface area (Å²) in [4.78, 5) is 28.9. The van der Waals surface area contributed by atoms with Crippen molar-refractivity contribution in [1.82, 2.24) is 10.6 Å². The summed E-state index contributed by atoms with van der Waals surface area (Å²) in [6, 6.07) is -0.302. The van der Waals surface area contributed by atoms with Crippen molar-refractivity contribution < 1.29 is 19.1 Å². The van der Waals surface area contributed by atoms with Crippen molar-refractivity contribution in [3.63, 3.8) is 0 Å². The first-order valence-electron chi connectivity index (χ1n) is 4.50. The van der Waals surface area contributed by atoms with Gasteiger partial charge in [-0.05, 0) is 26.3 Å². The number of rotatable bonds is 3. The molecule has 0 aromatic rings. The van der Waals surface area contributed by atoms with E-state index in [1.807, 2.05) is 0 Å². The van der Waals surface area contributed by atoms with Gasteiger partial charge in [-0.25, -0.2) is 0 Å². The topological polar surface area (TPSA) is 98.7 Å². The molecular weight excluding hydrogens is 207 g/mol. The van der Waals surface area contributed by atoms with Crippen LogP contribution in [-0.2, 0) is 9.36 Å². The highest BCUT2D eigenvalue weighted by atomic mass is 31.2. The van der Waals surface area contributed by atoms with E-state index < -0.39 is 13.4 Å². The molecule has 1 saturated heterocycles. The van der Waals surface area contributed by atoms with Gasteiger partial charge in [-0.1, -0.05) is 0 Å². The predicted molar refractivity (Wildman–Crippen MR) is 50.7 cm³/mol. The smallest absolute Gasteiger partial charge is 0.341 e. The van der Waals surface area contributed by atoms with Crippen LogP contribution >= 0.6 is 7.60 Å². The lowest BCUT2D eigenvalue weighted by Crippen LogP contribution is -2.44. The normalized spacial score (nSPS) is 24.6. The quantitative estimate of drug-likeness (QED) is 0.477. The van der Waals surface area contributed by atoms with Gasteiger partial charge in [0.15, 0.2) is 0 Å². The maximum absolute atomic E-state index is 11.4. The minimum Gasteiger partial charge on any atom is -0.341 e. The second kappa shape index (κ2) is 4.40. The molecule has 0 bridgehead atoms. The highest BCUT2D eigenvalue weighted by Gasteiger charge is 2.29. The van der Waals surface area contributed by atoms with Crippen molar-refractivity contribution >= 4 is 13.5 Å². The summed E-state index contributed by atoms with van der Waals surface area (Å²) in [6.07, 6.45) is 1.64. The van der Waals surface area contributed by atoms with Crippen molar-refractivity contribution in [3.05, 3.63) is 0 Å². The zero-order valence-corrected chi connectivity index (χ0v) is 8.83. The molecule has 0 saturated carbocycles. The van der Waals surface area contributed by atoms with Crippen molar-refractivity contribution in [2.24, 2.45) is 0 Å². The average molecular weight is 222 g/mol. The summed E-state index contributed by atoms with van der Waals surface area (Å²) in [5.74, 6) is -1.45. The molecule has 1 heterocycles. The van der Waals surface area contributed by atoms with E-state index in [0.29, 0.717) is 0 Å². The lowest BCUT2D eigenvalue weighted by atomic mass is 10.2. The molecule has 14 heavy (non-hydrogen) atoms. The van der Waals surface area contributed by atoms with Gasteiger partial charge in [-0.3, -0.25) is 9.36 Å². The molecule has 0 aromatic heterocycles. The van der Waals surface area contributed by atoms with Gasteiger partial charge in [0.1, 0.15) is 5.78 Å². The molecule has 1 rings (SSSR count). The number of nitrogens with one attached hydrogen (secondary N) is 2. The molecule has 1 fully saturated rings. The molecule has 0 aromatic carbocycles. The molecule has 2 atom stereocenters. The molecular formula is C7H15N2O4P. The maximum Gasteiger partial charge on any atom is 0.347 e. The van der Waals surface area contributed by atoms with Crippen molar-refractivity contribution in [2.45, 2.75) is 31.6 Å². The van der Waals surface area contributed by atoms with Crippen LogP contribution in [0.1, 0.15) is 19.8 Å². The fourth-order valence-electron chi connectivity index (χ4n) is 1.30. The van der Waals surface area contributed by atoms with Crippen LogP contribution in [0.25, 0.3) is 0 Å². The molecule has 1 aliphatic heterocycles. The van der Waals surface area contributed by atoms with E-state index in [4.69, 9.17) is 9.79 Å². The lowest BCUT2D eigenvalue weighted by molar-refractivity contribution is -0.123. The van der Waals surface area contributed by atoms with Gasteiger partial charge >= 0.3 is 7.60 Å². The Morgan fingerprint density at radius 2 is 2.29 bits per heavy atom. The van der Waals surface area contributed by atoms with E-state index >= 15 is 0 Å². The highest BCUT2D eigenvalue weighted by molar-refractivity contribution is 7.52. The Morgan fingerprint density at radius 3 is 2.71 bits per heavy atom. The van der Waals surface area contributed by atoms with Crippen molar-refractivity contribution in [2.75, 3.05) is 6.54 Å². The van der Waals surface area contributed by atoms with Crippen LogP contribution in [0.15, 0.2) is 0 Å². The fraction of sp³-hybridized carbons (Fsp3) is 0.857. The van der Waals surface area contributed by atoms with Gasteiger partial charge in [0, 0.05) is 0 Å². The Morgan fingerprint density at radius 1 is 1.64 bits per heavy atom. The number of hydrogen-bond donors (Lipinski definition) is 4. The van der Waals surface area contributed by atoms with Crippen LogP contribution in [0.3, 0.4) is 0 Å². The first kappa shape index (κ1) is 11.7. The van der Waals surface area contributed by atoms with E-state index in [2.05, 4.69) is 10.6 Å². The lowest BCUT2D eigenvalue weighted by Gasteiger charge is -2.17. The highest BCUT2D eigenvalue weighted by Crippen LogP contribution is 2.39. The standard InChI is InChI=1S/C7H15N2O4P/c1-5(14(11,12)13)9-7(10)6-3-2-4-8-6/h5-6,8H,2-4H2,1H3,(H,9,10)(H2,11,12,13)/t5?,6-/m0/s1. The first-order chi connectivity index (χ1) is 6.41. The molecule has 1 unspecified atom stereocenters. The summed E-state index contributed by atoms with van der Waals surface area (Å²) >= 11 is 0. The summed E-state index contributed by atoms with van der Waals surface area (Å²) < 4.78 is 10.7. The van der Waals surface area contributed by atoms with Gasteiger partial charge in [0.25, 0.3) is 0 Å². The molecule has 0 aliphatic carbocycles. The third kappa shape index (κ3) is 3.06. The Kier molecular flexibility index (Phi) is 3.66. The predicted octanol–water partition coefficient (Wildman–Crippen LogP) is -0.622. The van der Waals surface area contributed by atoms with E-state index in [9.17, 15) is 9.36 Å². The summed E-state index contributed by atoms with van der Waals surface area (Å²) in [7, 11) is -4.21. The van der Waals surface area contributed by atoms with Crippen LogP contribution in [0, 0.1) is 0 Å². The Hall–Kier alpha value is -0.420. The zero-order valence-electron chi connectivity index (χ0n) is 7.93. The molecule has 1 amide bonds. The number of carbonyl (C=O) groups is 1. The van der Waals surface area contributed by atoms with Crippen molar-refractivity contribution in [3.8, 4) is 0 Å². The first-order valence-corrected chi connectivity index (χ1v) is 6.18. The van der Waals surface area contributed by atoms with Gasteiger partial charge in [0.2, 0.25) is 5.91 Å². The second-order valence-electron chi connectivity index (χ2n) is 3.42. The third-order valence-corrected chi connectivity index (χ3v) is 3.37. The zero-order chi connectivity index (χ0) is 10.8.